The van der Waals surface area contributed by atoms with E-state index in [1.54, 1.807) is 6.20 Å². The van der Waals surface area contributed by atoms with Crippen molar-refractivity contribution in [1.82, 2.24) is 9.97 Å². The monoisotopic (exact) mass is 239 g/mol. The van der Waals surface area contributed by atoms with Gasteiger partial charge in [-0.1, -0.05) is 0 Å². The summed E-state index contributed by atoms with van der Waals surface area (Å²) in [6.07, 6.45) is 3.09. The SMILES string of the molecule is N=C(N)c1nccnc1N1CCS(=O)CC1. The maximum atomic E-state index is 11.2. The molecule has 2 rings (SSSR count). The zero-order chi connectivity index (χ0) is 11.5. The Morgan fingerprint density at radius 1 is 1.38 bits per heavy atom. The van der Waals surface area contributed by atoms with E-state index in [9.17, 15) is 4.21 Å². The van der Waals surface area contributed by atoms with Crippen LogP contribution in [0.5, 0.6) is 0 Å². The van der Waals surface area contributed by atoms with E-state index in [1.807, 2.05) is 4.90 Å². The Bertz CT molecular complexity index is 426. The van der Waals surface area contributed by atoms with E-state index >= 15 is 0 Å². The van der Waals surface area contributed by atoms with Crippen molar-refractivity contribution in [3.8, 4) is 0 Å². The molecule has 0 saturated carbocycles. The molecule has 1 aliphatic rings. The first-order valence-corrected chi connectivity index (χ1v) is 6.42. The van der Waals surface area contributed by atoms with E-state index in [2.05, 4.69) is 9.97 Å². The summed E-state index contributed by atoms with van der Waals surface area (Å²) in [6, 6.07) is 0. The molecule has 1 aliphatic heterocycles. The lowest BCUT2D eigenvalue weighted by atomic mass is 10.3. The molecule has 0 atom stereocenters. The highest BCUT2D eigenvalue weighted by Crippen LogP contribution is 2.16. The van der Waals surface area contributed by atoms with Gasteiger partial charge in [0.15, 0.2) is 5.82 Å². The number of anilines is 1. The molecule has 1 aromatic heterocycles. The molecule has 0 amide bonds. The molecule has 1 aromatic rings. The average Bonchev–Trinajstić information content (AvgIpc) is 2.30. The molecule has 1 saturated heterocycles. The topological polar surface area (TPSA) is 96.0 Å². The van der Waals surface area contributed by atoms with Crippen LogP contribution in [0.4, 0.5) is 5.82 Å². The predicted octanol–water partition coefficient (Wildman–Crippen LogP) is -0.671. The van der Waals surface area contributed by atoms with Gasteiger partial charge in [0.1, 0.15) is 11.5 Å². The molecule has 0 unspecified atom stereocenters. The highest BCUT2D eigenvalue weighted by molar-refractivity contribution is 7.85. The molecule has 0 bridgehead atoms. The van der Waals surface area contributed by atoms with Crippen molar-refractivity contribution in [2.24, 2.45) is 5.73 Å². The van der Waals surface area contributed by atoms with Gasteiger partial charge in [0.05, 0.1) is 0 Å². The molecule has 16 heavy (non-hydrogen) atoms. The number of nitrogen functional groups attached to an aromatic ring is 1. The summed E-state index contributed by atoms with van der Waals surface area (Å²) in [5.74, 6) is 1.79. The minimum atomic E-state index is -0.727. The summed E-state index contributed by atoms with van der Waals surface area (Å²) in [5.41, 5.74) is 5.84. The van der Waals surface area contributed by atoms with Gasteiger partial charge in [-0.2, -0.15) is 0 Å². The van der Waals surface area contributed by atoms with Crippen LogP contribution in [0.15, 0.2) is 12.4 Å². The van der Waals surface area contributed by atoms with Crippen LogP contribution in [0.25, 0.3) is 0 Å². The molecule has 0 radical (unpaired) electrons. The lowest BCUT2D eigenvalue weighted by Crippen LogP contribution is -2.39. The van der Waals surface area contributed by atoms with Gasteiger partial charge in [-0.15, -0.1) is 0 Å². The van der Waals surface area contributed by atoms with Gasteiger partial charge in [-0.05, 0) is 0 Å². The number of aromatic nitrogens is 2. The van der Waals surface area contributed by atoms with Gasteiger partial charge in [0, 0.05) is 47.8 Å². The fourth-order valence-electron chi connectivity index (χ4n) is 1.60. The van der Waals surface area contributed by atoms with Crippen molar-refractivity contribution in [2.45, 2.75) is 0 Å². The Hall–Kier alpha value is -1.50. The number of nitrogens with two attached hydrogens (primary N) is 1. The maximum absolute atomic E-state index is 11.2. The molecule has 3 N–H and O–H groups in total. The lowest BCUT2D eigenvalue weighted by Gasteiger charge is -2.28. The minimum absolute atomic E-state index is 0.0882. The van der Waals surface area contributed by atoms with Crippen LogP contribution in [0.3, 0.4) is 0 Å². The highest BCUT2D eigenvalue weighted by Gasteiger charge is 2.20. The molecular weight excluding hydrogens is 226 g/mol. The van der Waals surface area contributed by atoms with Crippen LogP contribution in [0.2, 0.25) is 0 Å². The molecule has 0 spiro atoms. The standard InChI is InChI=1S/C9H13N5OS/c10-8(11)7-9(13-2-1-12-7)14-3-5-16(15)6-4-14/h1-2H,3-6H2,(H3,10,11). The first-order chi connectivity index (χ1) is 7.68. The van der Waals surface area contributed by atoms with Crippen molar-refractivity contribution >= 4 is 22.5 Å². The van der Waals surface area contributed by atoms with Gasteiger partial charge in [0.25, 0.3) is 0 Å². The Morgan fingerprint density at radius 2 is 2.00 bits per heavy atom. The Labute approximate surface area is 95.8 Å². The molecular formula is C9H13N5OS. The predicted molar refractivity (Wildman–Crippen MR) is 63.1 cm³/mol. The summed E-state index contributed by atoms with van der Waals surface area (Å²) in [6.45, 7) is 1.34. The second-order valence-corrected chi connectivity index (χ2v) is 5.17. The van der Waals surface area contributed by atoms with Crippen molar-refractivity contribution < 1.29 is 4.21 Å². The van der Waals surface area contributed by atoms with Crippen LogP contribution in [-0.4, -0.2) is 44.6 Å². The second kappa shape index (κ2) is 4.56. The third kappa shape index (κ3) is 2.19. The smallest absolute Gasteiger partial charge is 0.158 e. The molecule has 86 valence electrons. The van der Waals surface area contributed by atoms with E-state index < -0.39 is 10.8 Å². The number of hydrogen-bond donors (Lipinski definition) is 2. The first-order valence-electron chi connectivity index (χ1n) is 4.94. The van der Waals surface area contributed by atoms with Crippen LogP contribution < -0.4 is 10.6 Å². The Balaban J connectivity index is 2.26. The van der Waals surface area contributed by atoms with E-state index in [0.717, 1.165) is 0 Å². The zero-order valence-corrected chi connectivity index (χ0v) is 9.54. The zero-order valence-electron chi connectivity index (χ0n) is 8.72. The Morgan fingerprint density at radius 3 is 2.62 bits per heavy atom. The lowest BCUT2D eigenvalue weighted by molar-refractivity contribution is 0.672. The number of hydrogen-bond acceptors (Lipinski definition) is 5. The fourth-order valence-corrected chi connectivity index (χ4v) is 2.65. The summed E-state index contributed by atoms with van der Waals surface area (Å²) < 4.78 is 11.2. The summed E-state index contributed by atoms with van der Waals surface area (Å²) in [5, 5.41) is 7.42. The molecule has 0 aromatic carbocycles. The molecule has 7 heteroatoms. The third-order valence-corrected chi connectivity index (χ3v) is 3.69. The van der Waals surface area contributed by atoms with E-state index in [-0.39, 0.29) is 5.84 Å². The maximum Gasteiger partial charge on any atom is 0.158 e. The fraction of sp³-hybridized carbons (Fsp3) is 0.444. The van der Waals surface area contributed by atoms with Crippen LogP contribution >= 0.6 is 0 Å². The second-order valence-electron chi connectivity index (χ2n) is 3.48. The van der Waals surface area contributed by atoms with E-state index in [1.165, 1.54) is 6.20 Å². The van der Waals surface area contributed by atoms with E-state index in [4.69, 9.17) is 11.1 Å². The van der Waals surface area contributed by atoms with Crippen molar-refractivity contribution in [3.05, 3.63) is 18.1 Å². The summed E-state index contributed by atoms with van der Waals surface area (Å²) in [4.78, 5) is 10.2. The van der Waals surface area contributed by atoms with Crippen molar-refractivity contribution in [3.63, 3.8) is 0 Å². The Kier molecular flexibility index (Phi) is 3.14. The van der Waals surface area contributed by atoms with E-state index in [0.29, 0.717) is 36.1 Å². The number of nitrogens with zero attached hydrogens (tertiary/aromatic N) is 3. The molecule has 1 fully saturated rings. The molecule has 2 heterocycles. The average molecular weight is 239 g/mol. The van der Waals surface area contributed by atoms with Gasteiger partial charge in [-0.25, -0.2) is 9.97 Å². The van der Waals surface area contributed by atoms with Gasteiger partial charge >= 0.3 is 0 Å². The largest absolute Gasteiger partial charge is 0.382 e. The highest BCUT2D eigenvalue weighted by atomic mass is 32.2. The number of amidine groups is 1. The third-order valence-electron chi connectivity index (χ3n) is 2.41. The number of rotatable bonds is 2. The van der Waals surface area contributed by atoms with Crippen LogP contribution in [0.1, 0.15) is 5.69 Å². The first kappa shape index (κ1) is 11.0. The molecule has 6 nitrogen and oxygen atoms in total. The van der Waals surface area contributed by atoms with Crippen LogP contribution in [-0.2, 0) is 10.8 Å². The number of nitrogens with one attached hydrogen (secondary N) is 1. The van der Waals surface area contributed by atoms with Gasteiger partial charge in [-0.3, -0.25) is 9.62 Å². The van der Waals surface area contributed by atoms with Crippen molar-refractivity contribution in [2.75, 3.05) is 29.5 Å². The van der Waals surface area contributed by atoms with Gasteiger partial charge in [0.2, 0.25) is 0 Å². The van der Waals surface area contributed by atoms with Crippen molar-refractivity contribution in [1.29, 1.82) is 5.41 Å². The minimum Gasteiger partial charge on any atom is -0.382 e. The normalized spacial score (nSPS) is 17.4. The van der Waals surface area contributed by atoms with Gasteiger partial charge < -0.3 is 10.6 Å². The van der Waals surface area contributed by atoms with Crippen LogP contribution in [0, 0.1) is 5.41 Å². The quantitative estimate of drug-likeness (QED) is 0.527. The molecule has 0 aliphatic carbocycles. The summed E-state index contributed by atoms with van der Waals surface area (Å²) in [7, 11) is -0.727. The summed E-state index contributed by atoms with van der Waals surface area (Å²) >= 11 is 0.